The van der Waals surface area contributed by atoms with Gasteiger partial charge in [-0.1, -0.05) is 133 Å². The van der Waals surface area contributed by atoms with Crippen molar-refractivity contribution < 1.29 is 4.74 Å². The fourth-order valence-corrected chi connectivity index (χ4v) is 7.48. The number of hydrogen-bond donors (Lipinski definition) is 0. The first-order valence-electron chi connectivity index (χ1n) is 14.5. The molecule has 0 amide bonds. The van der Waals surface area contributed by atoms with Gasteiger partial charge >= 0.3 is 0 Å². The van der Waals surface area contributed by atoms with Crippen LogP contribution >= 0.6 is 0 Å². The highest BCUT2D eigenvalue weighted by Crippen LogP contribution is 2.58. The number of fused-ring (bicyclic) bond motifs is 5. The number of para-hydroxylation sites is 1. The Balaban J connectivity index is 1.40. The topological polar surface area (TPSA) is 9.23 Å². The molecule has 9 rings (SSSR count). The summed E-state index contributed by atoms with van der Waals surface area (Å²) in [5, 5.41) is 2.36. The van der Waals surface area contributed by atoms with Crippen molar-refractivity contribution in [2.75, 3.05) is 0 Å². The first-order valence-corrected chi connectivity index (χ1v) is 14.5. The first kappa shape index (κ1) is 23.3. The van der Waals surface area contributed by atoms with E-state index in [9.17, 15) is 0 Å². The van der Waals surface area contributed by atoms with Crippen molar-refractivity contribution in [3.05, 3.63) is 180 Å². The molecule has 0 saturated carbocycles. The maximum Gasteiger partial charge on any atom is 0.135 e. The Morgan fingerprint density at radius 2 is 0.929 bits per heavy atom. The van der Waals surface area contributed by atoms with Crippen molar-refractivity contribution in [2.24, 2.45) is 0 Å². The molecule has 196 valence electrons. The lowest BCUT2D eigenvalue weighted by molar-refractivity contribution is 0.487. The molecule has 7 aromatic rings. The van der Waals surface area contributed by atoms with Gasteiger partial charge in [0, 0.05) is 10.9 Å². The SMILES string of the molecule is c1ccc(C2(c3ccccc3-c3cc4c5c(cccc5c3)Oc3ccccc3-4)c3ccccc3-c3ccccc32)cc1. The quantitative estimate of drug-likeness (QED) is 0.219. The summed E-state index contributed by atoms with van der Waals surface area (Å²) in [6.07, 6.45) is 0. The van der Waals surface area contributed by atoms with Crippen LogP contribution in [-0.2, 0) is 5.41 Å². The molecule has 0 aromatic heterocycles. The lowest BCUT2D eigenvalue weighted by Gasteiger charge is -2.35. The van der Waals surface area contributed by atoms with Crippen molar-refractivity contribution in [2.45, 2.75) is 5.41 Å². The van der Waals surface area contributed by atoms with E-state index in [2.05, 4.69) is 152 Å². The number of ether oxygens (including phenoxy) is 1. The molecule has 0 radical (unpaired) electrons. The molecule has 0 fully saturated rings. The van der Waals surface area contributed by atoms with Gasteiger partial charge in [-0.15, -0.1) is 0 Å². The summed E-state index contributed by atoms with van der Waals surface area (Å²) in [6.45, 7) is 0. The minimum atomic E-state index is -0.458. The highest BCUT2D eigenvalue weighted by Gasteiger charge is 2.47. The molecular formula is C41H26O. The molecule has 1 aliphatic heterocycles. The molecule has 1 aliphatic carbocycles. The Labute approximate surface area is 245 Å². The van der Waals surface area contributed by atoms with E-state index in [0.29, 0.717) is 0 Å². The lowest BCUT2D eigenvalue weighted by atomic mass is 9.66. The van der Waals surface area contributed by atoms with Gasteiger partial charge < -0.3 is 4.74 Å². The largest absolute Gasteiger partial charge is 0.456 e. The van der Waals surface area contributed by atoms with E-state index >= 15 is 0 Å². The second-order valence-corrected chi connectivity index (χ2v) is 11.2. The van der Waals surface area contributed by atoms with E-state index in [1.165, 1.54) is 60.8 Å². The molecule has 7 aromatic carbocycles. The second-order valence-electron chi connectivity index (χ2n) is 11.2. The van der Waals surface area contributed by atoms with Gasteiger partial charge in [0.1, 0.15) is 11.5 Å². The van der Waals surface area contributed by atoms with Gasteiger partial charge in [-0.05, 0) is 79.7 Å². The van der Waals surface area contributed by atoms with Gasteiger partial charge in [0.25, 0.3) is 0 Å². The molecule has 1 heteroatoms. The summed E-state index contributed by atoms with van der Waals surface area (Å²) in [7, 11) is 0. The predicted octanol–water partition coefficient (Wildman–Crippen LogP) is 10.6. The third-order valence-electron chi connectivity index (χ3n) is 9.14. The van der Waals surface area contributed by atoms with Crippen LogP contribution in [0.1, 0.15) is 22.3 Å². The summed E-state index contributed by atoms with van der Waals surface area (Å²) in [6, 6.07) is 57.4. The zero-order valence-corrected chi connectivity index (χ0v) is 22.9. The van der Waals surface area contributed by atoms with Crippen LogP contribution in [0.25, 0.3) is 44.2 Å². The average Bonchev–Trinajstić information content (AvgIpc) is 3.36. The fraction of sp³-hybridized carbons (Fsp3) is 0.0244. The molecule has 0 bridgehead atoms. The van der Waals surface area contributed by atoms with Crippen molar-refractivity contribution in [3.63, 3.8) is 0 Å². The highest BCUT2D eigenvalue weighted by atomic mass is 16.5. The monoisotopic (exact) mass is 534 g/mol. The zero-order valence-electron chi connectivity index (χ0n) is 22.9. The van der Waals surface area contributed by atoms with Crippen LogP contribution in [0.4, 0.5) is 0 Å². The molecule has 1 heterocycles. The maximum atomic E-state index is 6.35. The summed E-state index contributed by atoms with van der Waals surface area (Å²) < 4.78 is 6.35. The summed E-state index contributed by atoms with van der Waals surface area (Å²) in [4.78, 5) is 0. The Morgan fingerprint density at radius 1 is 0.381 bits per heavy atom. The van der Waals surface area contributed by atoms with Gasteiger partial charge in [0.2, 0.25) is 0 Å². The van der Waals surface area contributed by atoms with Gasteiger partial charge in [-0.25, -0.2) is 0 Å². The van der Waals surface area contributed by atoms with Crippen LogP contribution in [0.15, 0.2) is 158 Å². The average molecular weight is 535 g/mol. The van der Waals surface area contributed by atoms with Crippen LogP contribution in [-0.4, -0.2) is 0 Å². The van der Waals surface area contributed by atoms with Crippen molar-refractivity contribution in [3.8, 4) is 44.9 Å². The standard InChI is InChI=1S/C41H26O/c1-2-14-29(15-3-1)41(36-21-9-5-17-31(36)32-18-6-10-22-37(32)41)35-20-8-4-16-30(35)28-25-27-13-12-24-39-40(27)34(26-28)33-19-7-11-23-38(33)42-39/h1-26H. The first-order chi connectivity index (χ1) is 20.8. The minimum absolute atomic E-state index is 0.458. The Kier molecular flexibility index (Phi) is 4.88. The van der Waals surface area contributed by atoms with Crippen LogP contribution in [0.3, 0.4) is 0 Å². The lowest BCUT2D eigenvalue weighted by Crippen LogP contribution is -2.29. The molecule has 0 unspecified atom stereocenters. The fourth-order valence-electron chi connectivity index (χ4n) is 7.48. The highest BCUT2D eigenvalue weighted by molar-refractivity contribution is 6.06. The Bertz CT molecular complexity index is 2130. The van der Waals surface area contributed by atoms with Gasteiger partial charge in [-0.2, -0.15) is 0 Å². The predicted molar refractivity (Wildman–Crippen MR) is 172 cm³/mol. The van der Waals surface area contributed by atoms with E-state index in [1.54, 1.807) is 0 Å². The van der Waals surface area contributed by atoms with E-state index in [0.717, 1.165) is 17.1 Å². The normalized spacial score (nSPS) is 13.6. The van der Waals surface area contributed by atoms with Crippen LogP contribution < -0.4 is 4.74 Å². The van der Waals surface area contributed by atoms with Crippen molar-refractivity contribution in [1.82, 2.24) is 0 Å². The molecule has 2 aliphatic rings. The summed E-state index contributed by atoms with van der Waals surface area (Å²) >= 11 is 0. The summed E-state index contributed by atoms with van der Waals surface area (Å²) in [5.74, 6) is 1.82. The van der Waals surface area contributed by atoms with Crippen molar-refractivity contribution >= 4 is 10.8 Å². The molecule has 1 nitrogen and oxygen atoms in total. The molecule has 0 saturated heterocycles. The minimum Gasteiger partial charge on any atom is -0.456 e. The van der Waals surface area contributed by atoms with E-state index in [1.807, 2.05) is 6.07 Å². The van der Waals surface area contributed by atoms with Crippen molar-refractivity contribution in [1.29, 1.82) is 0 Å². The molecular weight excluding hydrogens is 508 g/mol. The number of hydrogen-bond acceptors (Lipinski definition) is 1. The maximum absolute atomic E-state index is 6.35. The van der Waals surface area contributed by atoms with Gasteiger partial charge in [-0.3, -0.25) is 0 Å². The number of rotatable bonds is 3. The van der Waals surface area contributed by atoms with Gasteiger partial charge in [0.05, 0.1) is 5.41 Å². The second kappa shape index (κ2) is 8.80. The summed E-state index contributed by atoms with van der Waals surface area (Å²) in [5.41, 5.74) is 12.2. The molecule has 0 N–H and O–H groups in total. The van der Waals surface area contributed by atoms with Crippen LogP contribution in [0, 0.1) is 0 Å². The Hall–Kier alpha value is -5.40. The zero-order chi connectivity index (χ0) is 27.7. The van der Waals surface area contributed by atoms with Gasteiger partial charge in [0.15, 0.2) is 0 Å². The smallest absolute Gasteiger partial charge is 0.135 e. The van der Waals surface area contributed by atoms with Crippen LogP contribution in [0.5, 0.6) is 11.5 Å². The number of benzene rings is 7. The molecule has 42 heavy (non-hydrogen) atoms. The van der Waals surface area contributed by atoms with E-state index in [4.69, 9.17) is 4.74 Å². The molecule has 0 spiro atoms. The Morgan fingerprint density at radius 3 is 1.64 bits per heavy atom. The van der Waals surface area contributed by atoms with E-state index < -0.39 is 5.41 Å². The van der Waals surface area contributed by atoms with E-state index in [-0.39, 0.29) is 0 Å². The molecule has 0 atom stereocenters. The van der Waals surface area contributed by atoms with Crippen LogP contribution in [0.2, 0.25) is 0 Å². The third kappa shape index (κ3) is 3.08. The third-order valence-corrected chi connectivity index (χ3v) is 9.14.